The van der Waals surface area contributed by atoms with Crippen molar-refractivity contribution >= 4 is 17.2 Å². The summed E-state index contributed by atoms with van der Waals surface area (Å²) in [7, 11) is 3.94. The zero-order valence-electron chi connectivity index (χ0n) is 14.3. The van der Waals surface area contributed by atoms with E-state index in [0.29, 0.717) is 6.42 Å². The molecule has 2 fully saturated rings. The number of hydrogen-bond donors (Lipinski definition) is 0. The molecule has 4 rings (SSSR count). The van der Waals surface area contributed by atoms with Gasteiger partial charge in [0.15, 0.2) is 0 Å². The van der Waals surface area contributed by atoms with Gasteiger partial charge in [0.25, 0.3) is 0 Å². The molecule has 0 aromatic carbocycles. The molecule has 1 spiro atoms. The van der Waals surface area contributed by atoms with Crippen LogP contribution in [0.4, 0.5) is 0 Å². The highest BCUT2D eigenvalue weighted by atomic mass is 32.1. The zero-order chi connectivity index (χ0) is 16.7. The van der Waals surface area contributed by atoms with Gasteiger partial charge in [0.2, 0.25) is 5.91 Å². The van der Waals surface area contributed by atoms with Crippen molar-refractivity contribution in [3.63, 3.8) is 0 Å². The number of nitrogens with zero attached hydrogens (tertiary/aromatic N) is 4. The molecule has 2 aromatic heterocycles. The molecular weight excluding hydrogens is 320 g/mol. The van der Waals surface area contributed by atoms with Gasteiger partial charge >= 0.3 is 0 Å². The Labute approximate surface area is 146 Å². The third-order valence-electron chi connectivity index (χ3n) is 5.90. The Bertz CT molecular complexity index is 715. The number of carbonyl (C=O) groups is 1. The minimum atomic E-state index is -0.0364. The van der Waals surface area contributed by atoms with Crippen LogP contribution in [0.1, 0.15) is 36.3 Å². The zero-order valence-corrected chi connectivity index (χ0v) is 15.1. The molecule has 0 aliphatic carbocycles. The number of amides is 1. The first kappa shape index (κ1) is 15.8. The molecule has 1 atom stereocenters. The summed E-state index contributed by atoms with van der Waals surface area (Å²) < 4.78 is 1.84. The monoisotopic (exact) mass is 344 g/mol. The Morgan fingerprint density at radius 3 is 2.75 bits per heavy atom. The van der Waals surface area contributed by atoms with Gasteiger partial charge < -0.3 is 4.90 Å². The van der Waals surface area contributed by atoms with E-state index < -0.39 is 0 Å². The molecule has 6 heteroatoms. The number of hydrogen-bond acceptors (Lipinski definition) is 4. The number of carbonyl (C=O) groups excluding carboxylic acids is 1. The fourth-order valence-electron chi connectivity index (χ4n) is 4.45. The van der Waals surface area contributed by atoms with Crippen LogP contribution in [0.15, 0.2) is 29.2 Å². The van der Waals surface area contributed by atoms with E-state index in [1.165, 1.54) is 11.1 Å². The van der Waals surface area contributed by atoms with Crippen molar-refractivity contribution in [2.75, 3.05) is 20.1 Å². The predicted octanol–water partition coefficient (Wildman–Crippen LogP) is 2.46. The molecular formula is C18H24N4OS. The molecule has 0 saturated carbocycles. The summed E-state index contributed by atoms with van der Waals surface area (Å²) in [5, 5.41) is 8.70. The van der Waals surface area contributed by atoms with Crippen LogP contribution in [-0.4, -0.2) is 51.2 Å². The van der Waals surface area contributed by atoms with Crippen molar-refractivity contribution in [3.8, 4) is 0 Å². The molecule has 0 radical (unpaired) electrons. The summed E-state index contributed by atoms with van der Waals surface area (Å²) in [6.07, 6.45) is 6.72. The second-order valence-corrected chi connectivity index (χ2v) is 7.95. The number of aromatic nitrogens is 2. The summed E-state index contributed by atoms with van der Waals surface area (Å²) >= 11 is 1.76. The molecule has 128 valence electrons. The Kier molecular flexibility index (Phi) is 3.96. The molecule has 0 unspecified atom stereocenters. The van der Waals surface area contributed by atoms with Crippen LogP contribution < -0.4 is 0 Å². The summed E-state index contributed by atoms with van der Waals surface area (Å²) in [6, 6.07) is 2.21. The lowest BCUT2D eigenvalue weighted by Gasteiger charge is -2.46. The van der Waals surface area contributed by atoms with Gasteiger partial charge in [-0.3, -0.25) is 14.4 Å². The van der Waals surface area contributed by atoms with Crippen LogP contribution in [-0.2, 0) is 18.4 Å². The van der Waals surface area contributed by atoms with Crippen LogP contribution in [0.2, 0.25) is 0 Å². The summed E-state index contributed by atoms with van der Waals surface area (Å²) in [5.41, 5.74) is 2.57. The first-order chi connectivity index (χ1) is 11.6. The molecule has 0 N–H and O–H groups in total. The first-order valence-electron chi connectivity index (χ1n) is 8.57. The maximum Gasteiger partial charge on any atom is 0.223 e. The van der Waals surface area contributed by atoms with Gasteiger partial charge in [-0.15, -0.1) is 0 Å². The highest BCUT2D eigenvalue weighted by molar-refractivity contribution is 7.07. The Morgan fingerprint density at radius 1 is 1.33 bits per heavy atom. The number of rotatable bonds is 3. The van der Waals surface area contributed by atoms with E-state index in [9.17, 15) is 4.79 Å². The molecule has 2 aliphatic heterocycles. The fourth-order valence-corrected chi connectivity index (χ4v) is 5.11. The van der Waals surface area contributed by atoms with E-state index in [1.54, 1.807) is 11.3 Å². The maximum absolute atomic E-state index is 12.5. The van der Waals surface area contributed by atoms with Gasteiger partial charge in [0.1, 0.15) is 0 Å². The average molecular weight is 344 g/mol. The van der Waals surface area contributed by atoms with E-state index in [0.717, 1.165) is 32.5 Å². The molecule has 24 heavy (non-hydrogen) atoms. The lowest BCUT2D eigenvalue weighted by atomic mass is 9.74. The van der Waals surface area contributed by atoms with Gasteiger partial charge in [-0.2, -0.15) is 16.4 Å². The summed E-state index contributed by atoms with van der Waals surface area (Å²) in [4.78, 5) is 17.0. The van der Waals surface area contributed by atoms with Crippen LogP contribution in [0.5, 0.6) is 0 Å². The molecule has 2 aliphatic rings. The largest absolute Gasteiger partial charge is 0.339 e. The second-order valence-electron chi connectivity index (χ2n) is 7.17. The van der Waals surface area contributed by atoms with Crippen LogP contribution in [0.25, 0.3) is 0 Å². The van der Waals surface area contributed by atoms with Gasteiger partial charge in [-0.05, 0) is 40.8 Å². The smallest absolute Gasteiger partial charge is 0.223 e. The predicted molar refractivity (Wildman–Crippen MR) is 94.9 cm³/mol. The van der Waals surface area contributed by atoms with Crippen molar-refractivity contribution < 1.29 is 4.79 Å². The van der Waals surface area contributed by atoms with Crippen molar-refractivity contribution in [3.05, 3.63) is 40.3 Å². The average Bonchev–Trinajstić information content (AvgIpc) is 3.28. The second kappa shape index (κ2) is 6.01. The van der Waals surface area contributed by atoms with Crippen molar-refractivity contribution in [1.29, 1.82) is 0 Å². The summed E-state index contributed by atoms with van der Waals surface area (Å²) in [6.45, 7) is 3.11. The molecule has 0 bridgehead atoms. The number of likely N-dealkylation sites (tertiary alicyclic amines) is 2. The highest BCUT2D eigenvalue weighted by Gasteiger charge is 2.52. The van der Waals surface area contributed by atoms with E-state index in [1.807, 2.05) is 29.9 Å². The van der Waals surface area contributed by atoms with Crippen molar-refractivity contribution in [2.24, 2.45) is 7.05 Å². The normalized spacial score (nSPS) is 24.2. The van der Waals surface area contributed by atoms with Gasteiger partial charge in [0, 0.05) is 52.3 Å². The molecule has 2 saturated heterocycles. The fraction of sp³-hybridized carbons (Fsp3) is 0.556. The van der Waals surface area contributed by atoms with E-state index in [-0.39, 0.29) is 17.4 Å². The van der Waals surface area contributed by atoms with Crippen molar-refractivity contribution in [1.82, 2.24) is 19.6 Å². The summed E-state index contributed by atoms with van der Waals surface area (Å²) in [5.74, 6) is 0.544. The minimum absolute atomic E-state index is 0.0364. The van der Waals surface area contributed by atoms with E-state index in [2.05, 4.69) is 33.0 Å². The van der Waals surface area contributed by atoms with Gasteiger partial charge in [0.05, 0.1) is 11.7 Å². The molecule has 4 heterocycles. The Morgan fingerprint density at radius 2 is 2.12 bits per heavy atom. The molecule has 2 aromatic rings. The highest BCUT2D eigenvalue weighted by Crippen LogP contribution is 2.48. The third-order valence-corrected chi connectivity index (χ3v) is 6.64. The third kappa shape index (κ3) is 2.58. The van der Waals surface area contributed by atoms with Crippen LogP contribution in [0, 0.1) is 0 Å². The van der Waals surface area contributed by atoms with E-state index in [4.69, 9.17) is 0 Å². The number of likely N-dealkylation sites (N-methyl/N-ethyl adjacent to an activating group) is 1. The van der Waals surface area contributed by atoms with Gasteiger partial charge in [-0.25, -0.2) is 0 Å². The lowest BCUT2D eigenvalue weighted by Crippen LogP contribution is -2.53. The first-order valence-corrected chi connectivity index (χ1v) is 9.51. The van der Waals surface area contributed by atoms with Crippen LogP contribution in [0.3, 0.4) is 0 Å². The maximum atomic E-state index is 12.5. The van der Waals surface area contributed by atoms with E-state index >= 15 is 0 Å². The molecule has 1 amide bonds. The van der Waals surface area contributed by atoms with Crippen LogP contribution >= 0.6 is 11.3 Å². The Balaban J connectivity index is 1.53. The lowest BCUT2D eigenvalue weighted by molar-refractivity contribution is -0.130. The number of piperidine rings is 1. The SMILES string of the molecule is CN1C(=O)C[C@@H](c2cnn(C)c2)C12CCN(Cc1ccsc1)CC2. The topological polar surface area (TPSA) is 41.4 Å². The van der Waals surface area contributed by atoms with Gasteiger partial charge in [-0.1, -0.05) is 0 Å². The number of aryl methyl sites for hydroxylation is 1. The van der Waals surface area contributed by atoms with Crippen molar-refractivity contribution in [2.45, 2.75) is 37.3 Å². The standard InChI is InChI=1S/C18H24N4OS/c1-20-12-15(10-19-20)16-9-17(23)21(2)18(16)4-6-22(7-5-18)11-14-3-8-24-13-14/h3,8,10,12-13,16H,4-7,9,11H2,1-2H3/t16-/m0/s1. The quantitative estimate of drug-likeness (QED) is 0.859. The Hall–Kier alpha value is -1.66. The number of thiophene rings is 1. The minimum Gasteiger partial charge on any atom is -0.339 e. The molecule has 5 nitrogen and oxygen atoms in total.